The third kappa shape index (κ3) is 6.02. The number of benzene rings is 3. The number of hydrogen-bond acceptors (Lipinski definition) is 4. The Hall–Kier alpha value is -4.10. The summed E-state index contributed by atoms with van der Waals surface area (Å²) in [5.41, 5.74) is 2.47. The number of halogens is 1. The second-order valence-corrected chi connectivity index (χ2v) is 7.29. The number of Topliss-reactive ketones (excluding diaryl/α,β-unsaturated/α-hetero) is 1. The van der Waals surface area contributed by atoms with Gasteiger partial charge in [-0.25, -0.2) is 0 Å². The standard InChI is InChI=1S/C27H21N3O3.BrH/c31-24(19-10-4-1-5-11-19)18-23-25(30-27(33)21-14-8-3-9-15-21)22(16-17-28-23)29-26(32)20-12-6-2-7-13-20;/h1-17H,18H2,(H,30,33)(H,28,29,32);1H. The predicted molar refractivity (Wildman–Crippen MR) is 138 cm³/mol. The molecule has 2 amide bonds. The molecule has 0 spiro atoms. The van der Waals surface area contributed by atoms with Gasteiger partial charge in [0.15, 0.2) is 5.78 Å². The maximum atomic E-state index is 12.9. The number of amides is 2. The fraction of sp³-hybridized carbons (Fsp3) is 0.0370. The normalized spacial score (nSPS) is 10.0. The Morgan fingerprint density at radius 1 is 0.618 bits per heavy atom. The molecule has 0 fully saturated rings. The lowest BCUT2D eigenvalue weighted by Crippen LogP contribution is -2.19. The van der Waals surface area contributed by atoms with E-state index >= 15 is 0 Å². The fourth-order valence-electron chi connectivity index (χ4n) is 3.32. The van der Waals surface area contributed by atoms with Crippen molar-refractivity contribution in [1.29, 1.82) is 0 Å². The lowest BCUT2D eigenvalue weighted by Gasteiger charge is -2.16. The number of ketones is 1. The van der Waals surface area contributed by atoms with E-state index in [1.165, 1.54) is 6.20 Å². The van der Waals surface area contributed by atoms with Crippen LogP contribution in [0.1, 0.15) is 36.8 Å². The number of nitrogens with zero attached hydrogens (tertiary/aromatic N) is 1. The van der Waals surface area contributed by atoms with Crippen LogP contribution >= 0.6 is 17.0 Å². The average Bonchev–Trinajstić information content (AvgIpc) is 2.87. The summed E-state index contributed by atoms with van der Waals surface area (Å²) in [6.45, 7) is 0. The first-order valence-electron chi connectivity index (χ1n) is 10.4. The van der Waals surface area contributed by atoms with E-state index in [-0.39, 0.29) is 41.0 Å². The molecule has 4 rings (SSSR count). The summed E-state index contributed by atoms with van der Waals surface area (Å²) in [5.74, 6) is -0.852. The summed E-state index contributed by atoms with van der Waals surface area (Å²) >= 11 is 0. The largest absolute Gasteiger partial charge is 0.320 e. The zero-order chi connectivity index (χ0) is 23.0. The van der Waals surface area contributed by atoms with Gasteiger partial charge >= 0.3 is 0 Å². The molecule has 0 aliphatic carbocycles. The maximum Gasteiger partial charge on any atom is 0.255 e. The van der Waals surface area contributed by atoms with E-state index in [1.54, 1.807) is 78.9 Å². The fourth-order valence-corrected chi connectivity index (χ4v) is 3.32. The van der Waals surface area contributed by atoms with Crippen LogP contribution in [-0.4, -0.2) is 22.6 Å². The van der Waals surface area contributed by atoms with Crippen molar-refractivity contribution in [3.8, 4) is 0 Å². The predicted octanol–water partition coefficient (Wildman–Crippen LogP) is 5.59. The molecule has 6 nitrogen and oxygen atoms in total. The molecule has 3 aromatic carbocycles. The van der Waals surface area contributed by atoms with Crippen molar-refractivity contribution in [2.45, 2.75) is 6.42 Å². The van der Waals surface area contributed by atoms with Gasteiger partial charge in [-0.15, -0.1) is 17.0 Å². The molecule has 34 heavy (non-hydrogen) atoms. The van der Waals surface area contributed by atoms with Crippen molar-refractivity contribution in [2.75, 3.05) is 10.6 Å². The zero-order valence-electron chi connectivity index (χ0n) is 18.1. The average molecular weight is 516 g/mol. The summed E-state index contributed by atoms with van der Waals surface area (Å²) in [6.07, 6.45) is 1.47. The maximum absolute atomic E-state index is 12.9. The Bertz CT molecular complexity index is 1210. The highest BCUT2D eigenvalue weighted by Gasteiger charge is 2.19. The minimum Gasteiger partial charge on any atom is -0.320 e. The summed E-state index contributed by atoms with van der Waals surface area (Å²) < 4.78 is 0. The number of carbonyl (C=O) groups is 3. The van der Waals surface area contributed by atoms with Crippen molar-refractivity contribution < 1.29 is 14.4 Å². The second kappa shape index (κ2) is 11.7. The molecule has 0 atom stereocenters. The van der Waals surface area contributed by atoms with Crippen molar-refractivity contribution in [3.05, 3.63) is 126 Å². The van der Waals surface area contributed by atoms with E-state index in [0.29, 0.717) is 33.8 Å². The topological polar surface area (TPSA) is 88.2 Å². The Labute approximate surface area is 207 Å². The first-order valence-corrected chi connectivity index (χ1v) is 10.4. The van der Waals surface area contributed by atoms with Gasteiger partial charge in [-0.2, -0.15) is 0 Å². The molecule has 4 aromatic rings. The number of pyridine rings is 1. The van der Waals surface area contributed by atoms with E-state index in [9.17, 15) is 14.4 Å². The smallest absolute Gasteiger partial charge is 0.255 e. The Kier molecular flexibility index (Phi) is 8.43. The first kappa shape index (κ1) is 24.5. The number of hydrogen-bond donors (Lipinski definition) is 2. The number of carbonyl (C=O) groups excluding carboxylic acids is 3. The highest BCUT2D eigenvalue weighted by Crippen LogP contribution is 2.27. The Morgan fingerprint density at radius 3 is 1.62 bits per heavy atom. The van der Waals surface area contributed by atoms with Gasteiger partial charge in [0.1, 0.15) is 0 Å². The molecule has 170 valence electrons. The summed E-state index contributed by atoms with van der Waals surface area (Å²) in [4.78, 5) is 42.8. The third-order valence-corrected chi connectivity index (χ3v) is 5.01. The third-order valence-electron chi connectivity index (χ3n) is 5.01. The molecule has 0 radical (unpaired) electrons. The number of nitrogens with one attached hydrogen (secondary N) is 2. The van der Waals surface area contributed by atoms with Gasteiger partial charge < -0.3 is 10.6 Å². The lowest BCUT2D eigenvalue weighted by molar-refractivity contribution is 0.0987. The van der Waals surface area contributed by atoms with Crippen LogP contribution in [0.15, 0.2) is 103 Å². The molecule has 2 N–H and O–H groups in total. The molecule has 0 aliphatic heterocycles. The van der Waals surface area contributed by atoms with Crippen LogP contribution in [0.3, 0.4) is 0 Å². The minimum atomic E-state index is -0.368. The van der Waals surface area contributed by atoms with Crippen molar-refractivity contribution in [2.24, 2.45) is 0 Å². The van der Waals surface area contributed by atoms with Gasteiger partial charge in [-0.05, 0) is 30.3 Å². The first-order chi connectivity index (χ1) is 16.1. The van der Waals surface area contributed by atoms with E-state index in [2.05, 4.69) is 15.6 Å². The van der Waals surface area contributed by atoms with Crippen molar-refractivity contribution in [1.82, 2.24) is 4.98 Å². The van der Waals surface area contributed by atoms with E-state index < -0.39 is 0 Å². The number of rotatable bonds is 7. The highest BCUT2D eigenvalue weighted by atomic mass is 79.9. The molecule has 0 saturated heterocycles. The van der Waals surface area contributed by atoms with Crippen LogP contribution in [0, 0.1) is 0 Å². The van der Waals surface area contributed by atoms with Crippen molar-refractivity contribution in [3.63, 3.8) is 0 Å². The van der Waals surface area contributed by atoms with Crippen molar-refractivity contribution >= 4 is 46.0 Å². The van der Waals surface area contributed by atoms with Gasteiger partial charge in [0.05, 0.1) is 23.5 Å². The Balaban J connectivity index is 0.00000324. The molecule has 7 heteroatoms. The summed E-state index contributed by atoms with van der Waals surface area (Å²) in [7, 11) is 0. The van der Waals surface area contributed by atoms with Gasteiger partial charge in [0.25, 0.3) is 11.8 Å². The van der Waals surface area contributed by atoms with E-state index in [4.69, 9.17) is 0 Å². The molecule has 0 saturated carbocycles. The molecular weight excluding hydrogens is 494 g/mol. The molecule has 1 heterocycles. The van der Waals surface area contributed by atoms with Crippen LogP contribution in [0.5, 0.6) is 0 Å². The Morgan fingerprint density at radius 2 is 1.09 bits per heavy atom. The second-order valence-electron chi connectivity index (χ2n) is 7.29. The van der Waals surface area contributed by atoms with Gasteiger partial charge in [-0.1, -0.05) is 66.7 Å². The highest BCUT2D eigenvalue weighted by molar-refractivity contribution is 8.93. The SMILES string of the molecule is Br.O=C(Cc1nccc(NC(=O)c2ccccc2)c1NC(=O)c1ccccc1)c1ccccc1. The molecule has 0 bridgehead atoms. The van der Waals surface area contributed by atoms with Gasteiger partial charge in [0, 0.05) is 22.9 Å². The minimum absolute atomic E-state index is 0. The summed E-state index contributed by atoms with van der Waals surface area (Å²) in [6, 6.07) is 27.9. The van der Waals surface area contributed by atoms with Crippen LogP contribution in [-0.2, 0) is 6.42 Å². The van der Waals surface area contributed by atoms with Gasteiger partial charge in [-0.3, -0.25) is 19.4 Å². The molecule has 0 unspecified atom stereocenters. The molecular formula is C27H22BrN3O3. The van der Waals surface area contributed by atoms with Crippen LogP contribution < -0.4 is 10.6 Å². The quantitative estimate of drug-likeness (QED) is 0.314. The number of anilines is 2. The van der Waals surface area contributed by atoms with Crippen LogP contribution in [0.4, 0.5) is 11.4 Å². The zero-order valence-corrected chi connectivity index (χ0v) is 19.8. The lowest BCUT2D eigenvalue weighted by atomic mass is 10.0. The monoisotopic (exact) mass is 515 g/mol. The van der Waals surface area contributed by atoms with Gasteiger partial charge in [0.2, 0.25) is 0 Å². The van der Waals surface area contributed by atoms with E-state index in [0.717, 1.165) is 0 Å². The van der Waals surface area contributed by atoms with Crippen LogP contribution in [0.25, 0.3) is 0 Å². The van der Waals surface area contributed by atoms with Crippen LogP contribution in [0.2, 0.25) is 0 Å². The van der Waals surface area contributed by atoms with E-state index in [1.807, 2.05) is 18.2 Å². The molecule has 1 aromatic heterocycles. The summed E-state index contributed by atoms with van der Waals surface area (Å²) in [5, 5.41) is 5.67. The molecule has 0 aliphatic rings. The number of aromatic nitrogens is 1.